The molecule has 9 heteroatoms. The van der Waals surface area contributed by atoms with Gasteiger partial charge in [-0.1, -0.05) is 23.7 Å². The maximum absolute atomic E-state index is 13.7. The van der Waals surface area contributed by atoms with Gasteiger partial charge in [0.15, 0.2) is 10.4 Å². The Morgan fingerprint density at radius 1 is 1.18 bits per heavy atom. The number of benzene rings is 1. The third-order valence-electron chi connectivity index (χ3n) is 6.51. The first-order chi connectivity index (χ1) is 16.0. The highest BCUT2D eigenvalue weighted by Gasteiger charge is 2.47. The summed E-state index contributed by atoms with van der Waals surface area (Å²) in [6, 6.07) is 7.91. The van der Waals surface area contributed by atoms with Gasteiger partial charge >= 0.3 is 0 Å². The lowest BCUT2D eigenvalue weighted by molar-refractivity contribution is -0.186. The van der Waals surface area contributed by atoms with Crippen molar-refractivity contribution in [3.63, 3.8) is 0 Å². The molecule has 2 unspecified atom stereocenters. The molecule has 0 saturated heterocycles. The lowest BCUT2D eigenvalue weighted by Gasteiger charge is -2.39. The number of hydrogen-bond acceptors (Lipinski definition) is 5. The van der Waals surface area contributed by atoms with Gasteiger partial charge in [-0.3, -0.25) is 10.1 Å². The van der Waals surface area contributed by atoms with Gasteiger partial charge in [0.2, 0.25) is 6.41 Å². The molecule has 4 rings (SSSR count). The van der Waals surface area contributed by atoms with Crippen molar-refractivity contribution in [3.05, 3.63) is 51.0 Å². The van der Waals surface area contributed by atoms with E-state index in [0.717, 1.165) is 36.9 Å². The van der Waals surface area contributed by atoms with E-state index in [-0.39, 0.29) is 30.1 Å². The van der Waals surface area contributed by atoms with Crippen molar-refractivity contribution in [3.8, 4) is 0 Å². The maximum Gasteiger partial charge on any atom is 0.275 e. The highest BCUT2D eigenvalue weighted by atomic mass is 79.9. The Bertz CT molecular complexity index is 1030. The minimum Gasteiger partial charge on any atom is -0.356 e. The van der Waals surface area contributed by atoms with Gasteiger partial charge in [0.05, 0.1) is 11.3 Å². The second kappa shape index (κ2) is 9.90. The zero-order valence-corrected chi connectivity index (χ0v) is 22.7. The quantitative estimate of drug-likeness (QED) is 0.467. The third kappa shape index (κ3) is 5.21. The van der Waals surface area contributed by atoms with Crippen LogP contribution in [0.2, 0.25) is 5.02 Å². The fourth-order valence-corrected chi connectivity index (χ4v) is 6.03. The topological polar surface area (TPSA) is 79.6 Å². The summed E-state index contributed by atoms with van der Waals surface area (Å²) in [6.07, 6.45) is 2.36. The average molecular weight is 554 g/mol. The molecule has 0 bridgehead atoms. The summed E-state index contributed by atoms with van der Waals surface area (Å²) in [5.74, 6) is -0.0254. The number of carbonyl (C=O) groups is 1. The molecule has 1 aliphatic heterocycles. The van der Waals surface area contributed by atoms with Crippen molar-refractivity contribution < 1.29 is 14.6 Å². The maximum atomic E-state index is 13.7. The number of fused-ring (bicyclic) bond motifs is 1. The number of rotatable bonds is 6. The minimum absolute atomic E-state index is 0.0254. The van der Waals surface area contributed by atoms with Gasteiger partial charge in [0, 0.05) is 23.1 Å². The van der Waals surface area contributed by atoms with Crippen molar-refractivity contribution in [1.82, 2.24) is 19.8 Å². The first kappa shape index (κ1) is 25.6. The molecule has 1 amide bonds. The molecule has 2 N–H and O–H groups in total. The first-order valence-corrected chi connectivity index (χ1v) is 13.1. The van der Waals surface area contributed by atoms with E-state index in [9.17, 15) is 9.90 Å². The van der Waals surface area contributed by atoms with Gasteiger partial charge in [0.25, 0.3) is 5.91 Å². The summed E-state index contributed by atoms with van der Waals surface area (Å²) in [5, 5.41) is 14.1. The van der Waals surface area contributed by atoms with Crippen LogP contribution in [0, 0.1) is 0 Å². The fourth-order valence-electron chi connectivity index (χ4n) is 5.13. The number of nitrogens with one attached hydrogen (secondary N) is 1. The van der Waals surface area contributed by atoms with Gasteiger partial charge in [-0.15, -0.1) is 0 Å². The summed E-state index contributed by atoms with van der Waals surface area (Å²) in [5.41, 5.74) is 2.05. The molecule has 1 saturated carbocycles. The van der Waals surface area contributed by atoms with Crippen LogP contribution in [0.5, 0.6) is 0 Å². The van der Waals surface area contributed by atoms with Gasteiger partial charge in [-0.05, 0) is 93.9 Å². The van der Waals surface area contributed by atoms with E-state index in [1.807, 2.05) is 49.9 Å². The number of aliphatic hydroxyl groups is 1. The molecule has 2 aliphatic rings. The Morgan fingerprint density at radius 2 is 1.79 bits per heavy atom. The summed E-state index contributed by atoms with van der Waals surface area (Å²) >= 11 is 9.74. The molecule has 186 valence electrons. The van der Waals surface area contributed by atoms with Crippen molar-refractivity contribution in [1.29, 1.82) is 0 Å². The van der Waals surface area contributed by atoms with E-state index in [1.54, 1.807) is 0 Å². The van der Waals surface area contributed by atoms with Crippen LogP contribution in [-0.4, -0.2) is 49.6 Å². The Kier molecular flexibility index (Phi) is 7.46. The van der Waals surface area contributed by atoms with Gasteiger partial charge < -0.3 is 19.3 Å². The molecule has 2 heterocycles. The zero-order valence-electron chi connectivity index (χ0n) is 20.4. The third-order valence-corrected chi connectivity index (χ3v) is 7.33. The lowest BCUT2D eigenvalue weighted by atomic mass is 9.89. The van der Waals surface area contributed by atoms with Gasteiger partial charge in [-0.2, -0.15) is 0 Å². The van der Waals surface area contributed by atoms with Crippen LogP contribution < -0.4 is 5.32 Å². The molecule has 2 atom stereocenters. The van der Waals surface area contributed by atoms with Crippen LogP contribution in [-0.2, 0) is 4.74 Å². The van der Waals surface area contributed by atoms with Crippen LogP contribution in [0.4, 0.5) is 0 Å². The monoisotopic (exact) mass is 552 g/mol. The van der Waals surface area contributed by atoms with E-state index in [4.69, 9.17) is 16.3 Å². The first-order valence-electron chi connectivity index (χ1n) is 11.9. The van der Waals surface area contributed by atoms with Crippen LogP contribution >= 0.6 is 27.5 Å². The van der Waals surface area contributed by atoms with Crippen molar-refractivity contribution in [2.24, 2.45) is 0 Å². The summed E-state index contributed by atoms with van der Waals surface area (Å²) in [7, 11) is 0. The largest absolute Gasteiger partial charge is 0.356 e. The fraction of sp³-hybridized carbons (Fsp3) is 0.600. The molecule has 1 aromatic heterocycles. The summed E-state index contributed by atoms with van der Waals surface area (Å²) < 4.78 is 8.39. The minimum atomic E-state index is -1.01. The highest BCUT2D eigenvalue weighted by Crippen LogP contribution is 2.44. The van der Waals surface area contributed by atoms with Crippen LogP contribution in [0.15, 0.2) is 29.0 Å². The number of imidazole rings is 1. The Labute approximate surface area is 215 Å². The van der Waals surface area contributed by atoms with E-state index in [1.165, 1.54) is 0 Å². The molecule has 1 fully saturated rings. The molecular formula is C25H34BrClN4O3. The number of halogens is 2. The van der Waals surface area contributed by atoms with E-state index < -0.39 is 12.0 Å². The number of aromatic nitrogens is 2. The van der Waals surface area contributed by atoms with Gasteiger partial charge in [-0.25, -0.2) is 4.98 Å². The number of hydrogen-bond donors (Lipinski definition) is 2. The SMILES string of the molecule is CC(C)n1c(Br)nc2c1C(c1ccc(Cl)cc1)N([C@H]1CC[C@H](NC(O)OC(C)(C)C)CC1)C2=O. The number of nitrogens with zero attached hydrogens (tertiary/aromatic N) is 3. The number of amides is 1. The molecular weight excluding hydrogens is 520 g/mol. The average Bonchev–Trinajstić information content (AvgIpc) is 3.21. The van der Waals surface area contributed by atoms with Crippen molar-refractivity contribution in [2.45, 2.75) is 96.5 Å². The molecule has 34 heavy (non-hydrogen) atoms. The van der Waals surface area contributed by atoms with E-state index >= 15 is 0 Å². The molecule has 0 radical (unpaired) electrons. The van der Waals surface area contributed by atoms with Crippen molar-refractivity contribution >= 4 is 33.4 Å². The Hall–Kier alpha value is -1.45. The lowest BCUT2D eigenvalue weighted by Crippen LogP contribution is -2.48. The van der Waals surface area contributed by atoms with Gasteiger partial charge in [0.1, 0.15) is 6.04 Å². The molecule has 7 nitrogen and oxygen atoms in total. The summed E-state index contributed by atoms with van der Waals surface area (Å²) in [4.78, 5) is 20.3. The molecule has 1 aliphatic carbocycles. The second-order valence-electron chi connectivity index (χ2n) is 10.5. The number of carbonyl (C=O) groups excluding carboxylic acids is 1. The normalized spacial score (nSPS) is 24.1. The van der Waals surface area contributed by atoms with Crippen LogP contribution in [0.25, 0.3) is 0 Å². The zero-order chi connectivity index (χ0) is 24.8. The second-order valence-corrected chi connectivity index (χ2v) is 11.6. The Balaban J connectivity index is 1.58. The predicted octanol–water partition coefficient (Wildman–Crippen LogP) is 5.42. The van der Waals surface area contributed by atoms with Crippen LogP contribution in [0.3, 0.4) is 0 Å². The van der Waals surface area contributed by atoms with Crippen molar-refractivity contribution in [2.75, 3.05) is 0 Å². The number of aliphatic hydroxyl groups excluding tert-OH is 1. The smallest absolute Gasteiger partial charge is 0.275 e. The van der Waals surface area contributed by atoms with Crippen LogP contribution in [0.1, 0.15) is 94.1 Å². The highest BCUT2D eigenvalue weighted by molar-refractivity contribution is 9.10. The Morgan fingerprint density at radius 3 is 2.35 bits per heavy atom. The standard InChI is InChI=1S/C25H34BrClN4O3/c1-14(2)30-21-19(29-23(30)26)22(32)31(20(21)15-6-8-16(27)9-7-15)18-12-10-17(11-13-18)28-24(33)34-25(3,4)5/h6-9,14,17-18,20,24,28,33H,10-13H2,1-5H3/t17-,18-,20?,24?. The van der Waals surface area contributed by atoms with E-state index in [2.05, 4.69) is 44.6 Å². The molecule has 0 spiro atoms. The number of ether oxygens (including phenoxy) is 1. The van der Waals surface area contributed by atoms with E-state index in [0.29, 0.717) is 15.5 Å². The molecule has 1 aromatic carbocycles. The predicted molar refractivity (Wildman–Crippen MR) is 136 cm³/mol. The summed E-state index contributed by atoms with van der Waals surface area (Å²) in [6.45, 7) is 9.94. The molecule has 2 aromatic rings.